The third kappa shape index (κ3) is 5.78. The Morgan fingerprint density at radius 1 is 0.841 bits per heavy atom. The van der Waals surface area contributed by atoms with Crippen LogP contribution in [0, 0.1) is 17.0 Å². The number of esters is 1. The van der Waals surface area contributed by atoms with Gasteiger partial charge in [-0.05, 0) is 67.6 Å². The van der Waals surface area contributed by atoms with Gasteiger partial charge in [-0.3, -0.25) is 29.3 Å². The molecule has 1 aliphatic heterocycles. The second-order valence-corrected chi connectivity index (χ2v) is 10.4. The summed E-state index contributed by atoms with van der Waals surface area (Å²) in [5, 5.41) is 12.7. The van der Waals surface area contributed by atoms with Crippen LogP contribution in [0.3, 0.4) is 0 Å². The Morgan fingerprint density at radius 2 is 1.48 bits per heavy atom. The van der Waals surface area contributed by atoms with E-state index in [1.165, 1.54) is 54.6 Å². The Hall–Kier alpha value is -5.39. The van der Waals surface area contributed by atoms with Gasteiger partial charge >= 0.3 is 5.97 Å². The number of ketones is 1. The van der Waals surface area contributed by atoms with Gasteiger partial charge in [0.25, 0.3) is 23.4 Å². The van der Waals surface area contributed by atoms with Crippen LogP contribution in [0.4, 0.5) is 5.69 Å². The molecule has 0 bridgehead atoms. The molecular weight excluding hydrogens is 613 g/mol. The van der Waals surface area contributed by atoms with Crippen molar-refractivity contribution in [2.24, 2.45) is 0 Å². The summed E-state index contributed by atoms with van der Waals surface area (Å²) in [4.78, 5) is 77.1. The van der Waals surface area contributed by atoms with Crippen molar-refractivity contribution in [3.8, 4) is 5.75 Å². The fourth-order valence-electron chi connectivity index (χ4n) is 4.43. The topological polar surface area (TPSA) is 144 Å². The first-order chi connectivity index (χ1) is 21.0. The number of carbonyl (C=O) groups excluding carboxylic acids is 5. The summed E-state index contributed by atoms with van der Waals surface area (Å²) in [6, 6.07) is 19.5. The van der Waals surface area contributed by atoms with E-state index in [1.54, 1.807) is 24.3 Å². The summed E-state index contributed by atoms with van der Waals surface area (Å²) >= 11 is 12.0. The van der Waals surface area contributed by atoms with Crippen LogP contribution in [0.15, 0.2) is 84.9 Å². The number of Topliss-reactive ketones (excluding diaryl/α,β-unsaturated/α-hetero) is 1. The maximum atomic E-state index is 13.7. The molecule has 13 heteroatoms. The van der Waals surface area contributed by atoms with Gasteiger partial charge in [-0.25, -0.2) is 9.80 Å². The molecule has 44 heavy (non-hydrogen) atoms. The van der Waals surface area contributed by atoms with E-state index in [4.69, 9.17) is 27.9 Å². The van der Waals surface area contributed by atoms with Crippen molar-refractivity contribution in [1.29, 1.82) is 0 Å². The number of hydrogen-bond acceptors (Lipinski definition) is 8. The number of ether oxygens (including phenoxy) is 1. The minimum absolute atomic E-state index is 0.00225. The predicted octanol–water partition coefficient (Wildman–Crippen LogP) is 5.97. The first-order valence-electron chi connectivity index (χ1n) is 12.8. The second-order valence-electron chi connectivity index (χ2n) is 9.57. The zero-order valence-corrected chi connectivity index (χ0v) is 24.2. The lowest BCUT2D eigenvalue weighted by atomic mass is 10.1. The van der Waals surface area contributed by atoms with Gasteiger partial charge in [-0.1, -0.05) is 47.0 Å². The van der Waals surface area contributed by atoms with E-state index in [2.05, 4.69) is 0 Å². The molecule has 0 aliphatic carbocycles. The number of amides is 3. The highest BCUT2D eigenvalue weighted by atomic mass is 35.5. The molecule has 5 rings (SSSR count). The van der Waals surface area contributed by atoms with E-state index in [0.717, 1.165) is 11.6 Å². The molecule has 0 radical (unpaired) electrons. The lowest BCUT2D eigenvalue weighted by Gasteiger charge is -2.29. The largest absolute Gasteiger partial charge is 0.423 e. The van der Waals surface area contributed by atoms with Gasteiger partial charge in [-0.15, -0.1) is 0 Å². The molecular formula is C31H19Cl2N3O8. The Kier molecular flexibility index (Phi) is 8.26. The maximum absolute atomic E-state index is 13.7. The first kappa shape index (κ1) is 30.1. The predicted molar refractivity (Wildman–Crippen MR) is 158 cm³/mol. The lowest BCUT2D eigenvalue weighted by Crippen LogP contribution is -2.51. The zero-order valence-electron chi connectivity index (χ0n) is 22.7. The molecule has 0 saturated heterocycles. The van der Waals surface area contributed by atoms with Gasteiger partial charge < -0.3 is 4.74 Å². The van der Waals surface area contributed by atoms with Gasteiger partial charge in [-0.2, -0.15) is 5.01 Å². The van der Waals surface area contributed by atoms with Crippen LogP contribution in [0.5, 0.6) is 5.75 Å². The highest BCUT2D eigenvalue weighted by molar-refractivity contribution is 6.42. The molecule has 0 aromatic heterocycles. The molecule has 3 amide bonds. The average Bonchev–Trinajstić information content (AvgIpc) is 3.26. The number of hydrogen-bond donors (Lipinski definition) is 0. The summed E-state index contributed by atoms with van der Waals surface area (Å²) in [6.45, 7) is 1.06. The minimum atomic E-state index is -1.16. The van der Waals surface area contributed by atoms with Crippen LogP contribution in [0.2, 0.25) is 10.0 Å². The van der Waals surface area contributed by atoms with E-state index >= 15 is 0 Å². The van der Waals surface area contributed by atoms with Gasteiger partial charge in [0.05, 0.1) is 26.1 Å². The second kappa shape index (κ2) is 12.1. The minimum Gasteiger partial charge on any atom is -0.423 e. The molecule has 0 N–H and O–H groups in total. The summed E-state index contributed by atoms with van der Waals surface area (Å²) < 4.78 is 5.36. The molecule has 0 saturated carbocycles. The SMILES string of the molecule is Cc1ccc(C(=O)Oc2ccc(C(=O)CN(C(=O)c3ccc(Cl)c(Cl)c3)N3C(=O)c4cccc([N+](=O)[O-])c4C3=O)cc2)cc1. The molecule has 4 aromatic carbocycles. The number of nitro groups is 1. The number of carbonyl (C=O) groups is 5. The van der Waals surface area contributed by atoms with Crippen molar-refractivity contribution in [2.75, 3.05) is 6.54 Å². The lowest BCUT2D eigenvalue weighted by molar-refractivity contribution is -0.385. The van der Waals surface area contributed by atoms with Crippen molar-refractivity contribution in [3.63, 3.8) is 0 Å². The zero-order chi connectivity index (χ0) is 31.7. The highest BCUT2D eigenvalue weighted by Gasteiger charge is 2.46. The smallest absolute Gasteiger partial charge is 0.343 e. The van der Waals surface area contributed by atoms with Crippen LogP contribution in [-0.4, -0.2) is 51.0 Å². The number of halogens is 2. The number of imide groups is 1. The highest BCUT2D eigenvalue weighted by Crippen LogP contribution is 2.33. The van der Waals surface area contributed by atoms with E-state index in [9.17, 15) is 34.1 Å². The summed E-state index contributed by atoms with van der Waals surface area (Å²) in [6.07, 6.45) is 0. The van der Waals surface area contributed by atoms with Gasteiger partial charge in [0.15, 0.2) is 5.78 Å². The van der Waals surface area contributed by atoms with Crippen LogP contribution in [0.1, 0.15) is 57.4 Å². The molecule has 0 spiro atoms. The van der Waals surface area contributed by atoms with Gasteiger partial charge in [0.2, 0.25) is 0 Å². The Labute approximate surface area is 259 Å². The molecule has 4 aromatic rings. The molecule has 220 valence electrons. The van der Waals surface area contributed by atoms with Crippen LogP contribution in [0.25, 0.3) is 0 Å². The summed E-state index contributed by atoms with van der Waals surface area (Å²) in [5.74, 6) is -4.34. The summed E-state index contributed by atoms with van der Waals surface area (Å²) in [7, 11) is 0. The van der Waals surface area contributed by atoms with Crippen molar-refractivity contribution in [2.45, 2.75) is 6.92 Å². The Bertz CT molecular complexity index is 1870. The summed E-state index contributed by atoms with van der Waals surface area (Å²) in [5.41, 5.74) is -0.215. The number of aryl methyl sites for hydroxylation is 1. The third-order valence-corrected chi connectivity index (χ3v) is 7.42. The number of nitro benzene ring substituents is 1. The molecule has 0 atom stereocenters. The number of hydrazine groups is 1. The monoisotopic (exact) mass is 631 g/mol. The number of rotatable bonds is 8. The van der Waals surface area contributed by atoms with Crippen LogP contribution in [-0.2, 0) is 0 Å². The Balaban J connectivity index is 1.44. The number of nitrogens with zero attached hydrogens (tertiary/aromatic N) is 3. The van der Waals surface area contributed by atoms with E-state index < -0.39 is 52.2 Å². The third-order valence-electron chi connectivity index (χ3n) is 6.68. The van der Waals surface area contributed by atoms with Crippen molar-refractivity contribution in [3.05, 3.63) is 138 Å². The van der Waals surface area contributed by atoms with Gasteiger partial charge in [0.1, 0.15) is 17.9 Å². The van der Waals surface area contributed by atoms with Crippen LogP contribution < -0.4 is 4.74 Å². The van der Waals surface area contributed by atoms with Crippen molar-refractivity contribution >= 4 is 58.4 Å². The molecule has 1 aliphatic rings. The molecule has 0 fully saturated rings. The first-order valence-corrected chi connectivity index (χ1v) is 13.6. The van der Waals surface area contributed by atoms with Crippen LogP contribution >= 0.6 is 23.2 Å². The average molecular weight is 632 g/mol. The number of benzene rings is 4. The maximum Gasteiger partial charge on any atom is 0.343 e. The molecule has 0 unspecified atom stereocenters. The molecule has 11 nitrogen and oxygen atoms in total. The van der Waals surface area contributed by atoms with Crippen molar-refractivity contribution in [1.82, 2.24) is 10.0 Å². The van der Waals surface area contributed by atoms with E-state index in [1.807, 2.05) is 6.92 Å². The van der Waals surface area contributed by atoms with E-state index in [0.29, 0.717) is 15.6 Å². The fourth-order valence-corrected chi connectivity index (χ4v) is 4.73. The normalized spacial score (nSPS) is 12.1. The van der Waals surface area contributed by atoms with Crippen molar-refractivity contribution < 1.29 is 33.6 Å². The van der Waals surface area contributed by atoms with E-state index in [-0.39, 0.29) is 32.5 Å². The van der Waals surface area contributed by atoms with Gasteiger partial charge in [0, 0.05) is 17.2 Å². The molecule has 1 heterocycles. The standard InChI is InChI=1S/C31H19Cl2N3O8/c1-17-5-7-19(8-6-17)31(41)44-21-12-9-18(10-13-21)26(37)16-34(28(38)20-11-14-23(32)24(33)15-20)35-29(39)22-3-2-4-25(36(42)43)27(22)30(35)40/h2-15H,16H2,1H3. The fraction of sp³-hybridized carbons (Fsp3) is 0.0645. The Morgan fingerprint density at radius 3 is 2.11 bits per heavy atom. The number of fused-ring (bicyclic) bond motifs is 1. The quantitative estimate of drug-likeness (QED) is 0.0578.